The number of aliphatic carboxylic acids is 1. The fourth-order valence-electron chi connectivity index (χ4n) is 1.37. The largest absolute Gasteiger partial charge is 0.490 e. The molecule has 1 aromatic heterocycles. The Kier molecular flexibility index (Phi) is 9.00. The van der Waals surface area contributed by atoms with E-state index in [1.807, 2.05) is 12.1 Å². The summed E-state index contributed by atoms with van der Waals surface area (Å²) in [6, 6.07) is 5.46. The van der Waals surface area contributed by atoms with Gasteiger partial charge in [-0.2, -0.15) is 13.2 Å². The zero-order chi connectivity index (χ0) is 16.3. The fourth-order valence-corrected chi connectivity index (χ4v) is 1.37. The number of carbonyl (C=O) groups is 2. The lowest BCUT2D eigenvalue weighted by atomic mass is 10.1. The molecule has 0 spiro atoms. The fraction of sp³-hybridized carbons (Fsp3) is 0.500. The normalized spacial score (nSPS) is 10.5. The highest BCUT2D eigenvalue weighted by Crippen LogP contribution is 2.13. The molecule has 1 rings (SSSR count). The lowest BCUT2D eigenvalue weighted by Crippen LogP contribution is -2.21. The third-order valence-electron chi connectivity index (χ3n) is 2.45. The molecule has 118 valence electrons. The Hall–Kier alpha value is -1.92. The van der Waals surface area contributed by atoms with E-state index in [9.17, 15) is 18.0 Å². The molecule has 0 fully saturated rings. The predicted octanol–water partition coefficient (Wildman–Crippen LogP) is 3.87. The van der Waals surface area contributed by atoms with Crippen molar-refractivity contribution in [2.45, 2.75) is 45.2 Å². The Labute approximate surface area is 121 Å². The van der Waals surface area contributed by atoms with Gasteiger partial charge in [-0.1, -0.05) is 32.3 Å². The molecule has 0 saturated heterocycles. The summed E-state index contributed by atoms with van der Waals surface area (Å²) in [6.07, 6.45) is 1.78. The second-order valence-electron chi connectivity index (χ2n) is 4.25. The van der Waals surface area contributed by atoms with Gasteiger partial charge < -0.3 is 5.11 Å². The number of hydrogen-bond acceptors (Lipinski definition) is 3. The van der Waals surface area contributed by atoms with Gasteiger partial charge in [0.2, 0.25) is 0 Å². The predicted molar refractivity (Wildman–Crippen MR) is 71.0 cm³/mol. The number of alkyl halides is 3. The number of carboxylic acids is 1. The quantitative estimate of drug-likeness (QED) is 0.640. The number of pyridine rings is 1. The van der Waals surface area contributed by atoms with Crippen LogP contribution in [0.5, 0.6) is 0 Å². The maximum Gasteiger partial charge on any atom is 0.490 e. The molecule has 1 aromatic rings. The highest BCUT2D eigenvalue weighted by molar-refractivity contribution is 5.94. The van der Waals surface area contributed by atoms with E-state index in [4.69, 9.17) is 9.90 Å². The number of halogens is 3. The lowest BCUT2D eigenvalue weighted by molar-refractivity contribution is -0.192. The Morgan fingerprint density at radius 1 is 1.19 bits per heavy atom. The Balaban J connectivity index is 0.000000486. The monoisotopic (exact) mass is 305 g/mol. The van der Waals surface area contributed by atoms with Crippen LogP contribution in [0.25, 0.3) is 0 Å². The number of rotatable bonds is 6. The topological polar surface area (TPSA) is 67.3 Å². The van der Waals surface area contributed by atoms with Crippen LogP contribution in [0.3, 0.4) is 0 Å². The molecule has 1 heterocycles. The molecular weight excluding hydrogens is 287 g/mol. The van der Waals surface area contributed by atoms with Crippen LogP contribution in [-0.4, -0.2) is 28.0 Å². The molecule has 0 aliphatic heterocycles. The van der Waals surface area contributed by atoms with Crippen LogP contribution >= 0.6 is 0 Å². The standard InChI is InChI=1S/C12H17NO.C2HF3O2/c1-2-3-4-5-9-12(14)11-8-6-7-10-13-11;3-2(4,5)1(6)7/h6-8,10H,2-5,9H2,1H3;(H,6,7). The molecule has 7 heteroatoms. The zero-order valence-corrected chi connectivity index (χ0v) is 11.7. The van der Waals surface area contributed by atoms with Crippen LogP contribution < -0.4 is 0 Å². The van der Waals surface area contributed by atoms with Gasteiger partial charge in [-0.05, 0) is 18.6 Å². The Morgan fingerprint density at radius 2 is 1.81 bits per heavy atom. The van der Waals surface area contributed by atoms with Crippen molar-refractivity contribution in [1.29, 1.82) is 0 Å². The Morgan fingerprint density at radius 3 is 2.24 bits per heavy atom. The number of Topliss-reactive ketones (excluding diaryl/α,β-unsaturated/α-hetero) is 1. The van der Waals surface area contributed by atoms with Crippen LogP contribution in [-0.2, 0) is 4.79 Å². The molecule has 0 aromatic carbocycles. The summed E-state index contributed by atoms with van der Waals surface area (Å²) in [6.45, 7) is 2.17. The van der Waals surface area contributed by atoms with Gasteiger partial charge in [-0.15, -0.1) is 0 Å². The summed E-state index contributed by atoms with van der Waals surface area (Å²) in [7, 11) is 0. The molecule has 21 heavy (non-hydrogen) atoms. The smallest absolute Gasteiger partial charge is 0.475 e. The molecule has 0 bridgehead atoms. The number of nitrogens with zero attached hydrogens (tertiary/aromatic N) is 1. The van der Waals surface area contributed by atoms with Crippen molar-refractivity contribution in [1.82, 2.24) is 4.98 Å². The number of carboxylic acid groups (broad SMARTS) is 1. The first-order chi connectivity index (χ1) is 9.79. The van der Waals surface area contributed by atoms with Crippen molar-refractivity contribution in [3.8, 4) is 0 Å². The van der Waals surface area contributed by atoms with Crippen LogP contribution in [0.1, 0.15) is 49.5 Å². The minimum Gasteiger partial charge on any atom is -0.475 e. The molecule has 0 unspecified atom stereocenters. The van der Waals surface area contributed by atoms with E-state index in [1.165, 1.54) is 12.8 Å². The molecular formula is C14H18F3NO3. The van der Waals surface area contributed by atoms with E-state index in [0.717, 1.165) is 12.8 Å². The molecule has 0 aliphatic carbocycles. The second-order valence-corrected chi connectivity index (χ2v) is 4.25. The van der Waals surface area contributed by atoms with Gasteiger partial charge in [0.1, 0.15) is 5.69 Å². The van der Waals surface area contributed by atoms with E-state index in [-0.39, 0.29) is 5.78 Å². The average Bonchev–Trinajstić information content (AvgIpc) is 2.44. The molecule has 0 amide bonds. The highest BCUT2D eigenvalue weighted by atomic mass is 19.4. The molecule has 0 saturated carbocycles. The van der Waals surface area contributed by atoms with Gasteiger partial charge in [-0.3, -0.25) is 9.78 Å². The van der Waals surface area contributed by atoms with Crippen molar-refractivity contribution in [2.24, 2.45) is 0 Å². The van der Waals surface area contributed by atoms with E-state index in [2.05, 4.69) is 11.9 Å². The number of carbonyl (C=O) groups excluding carboxylic acids is 1. The second kappa shape index (κ2) is 9.90. The summed E-state index contributed by atoms with van der Waals surface area (Å²) in [4.78, 5) is 24.5. The Bertz CT molecular complexity index is 433. The summed E-state index contributed by atoms with van der Waals surface area (Å²) in [5.74, 6) is -2.59. The zero-order valence-electron chi connectivity index (χ0n) is 11.7. The SMILES string of the molecule is CCCCCCC(=O)c1ccccn1.O=C(O)C(F)(F)F. The van der Waals surface area contributed by atoms with Crippen LogP contribution in [0.15, 0.2) is 24.4 Å². The van der Waals surface area contributed by atoms with Crippen molar-refractivity contribution < 1.29 is 27.9 Å². The summed E-state index contributed by atoms with van der Waals surface area (Å²) < 4.78 is 31.7. The van der Waals surface area contributed by atoms with Gasteiger partial charge >= 0.3 is 12.1 Å². The summed E-state index contributed by atoms with van der Waals surface area (Å²) in [5.41, 5.74) is 0.601. The van der Waals surface area contributed by atoms with Crippen molar-refractivity contribution in [3.63, 3.8) is 0 Å². The number of unbranched alkanes of at least 4 members (excludes halogenated alkanes) is 3. The summed E-state index contributed by atoms with van der Waals surface area (Å²) in [5, 5.41) is 7.12. The molecule has 0 atom stereocenters. The third kappa shape index (κ3) is 9.59. The summed E-state index contributed by atoms with van der Waals surface area (Å²) >= 11 is 0. The minimum absolute atomic E-state index is 0.168. The molecule has 0 aliphatic rings. The van der Waals surface area contributed by atoms with E-state index < -0.39 is 12.1 Å². The molecule has 1 N–H and O–H groups in total. The molecule has 0 radical (unpaired) electrons. The van der Waals surface area contributed by atoms with Gasteiger partial charge in [0.05, 0.1) is 0 Å². The first-order valence-corrected chi connectivity index (χ1v) is 6.53. The number of ketones is 1. The van der Waals surface area contributed by atoms with Crippen molar-refractivity contribution in [2.75, 3.05) is 0 Å². The maximum absolute atomic E-state index is 11.5. The van der Waals surface area contributed by atoms with Gasteiger partial charge in [-0.25, -0.2) is 4.79 Å². The van der Waals surface area contributed by atoms with E-state index in [0.29, 0.717) is 12.1 Å². The van der Waals surface area contributed by atoms with Gasteiger partial charge in [0, 0.05) is 12.6 Å². The number of hydrogen-bond donors (Lipinski definition) is 1. The third-order valence-corrected chi connectivity index (χ3v) is 2.45. The van der Waals surface area contributed by atoms with Gasteiger partial charge in [0.15, 0.2) is 5.78 Å². The highest BCUT2D eigenvalue weighted by Gasteiger charge is 2.38. The number of aromatic nitrogens is 1. The lowest BCUT2D eigenvalue weighted by Gasteiger charge is -1.99. The van der Waals surface area contributed by atoms with Crippen LogP contribution in [0.4, 0.5) is 13.2 Å². The van der Waals surface area contributed by atoms with E-state index in [1.54, 1.807) is 12.3 Å². The van der Waals surface area contributed by atoms with Gasteiger partial charge in [0.25, 0.3) is 0 Å². The first kappa shape index (κ1) is 19.1. The van der Waals surface area contributed by atoms with Crippen molar-refractivity contribution >= 4 is 11.8 Å². The maximum atomic E-state index is 11.5. The first-order valence-electron chi connectivity index (χ1n) is 6.53. The van der Waals surface area contributed by atoms with Crippen molar-refractivity contribution in [3.05, 3.63) is 30.1 Å². The average molecular weight is 305 g/mol. The molecule has 4 nitrogen and oxygen atoms in total. The van der Waals surface area contributed by atoms with Crippen LogP contribution in [0, 0.1) is 0 Å². The minimum atomic E-state index is -5.08. The van der Waals surface area contributed by atoms with E-state index >= 15 is 0 Å². The van der Waals surface area contributed by atoms with Crippen LogP contribution in [0.2, 0.25) is 0 Å².